The summed E-state index contributed by atoms with van der Waals surface area (Å²) in [5.74, 6) is 0.935. The molecule has 0 aromatic carbocycles. The van der Waals surface area contributed by atoms with Gasteiger partial charge in [0, 0.05) is 12.3 Å². The van der Waals surface area contributed by atoms with Crippen molar-refractivity contribution in [2.45, 2.75) is 32.1 Å². The molecule has 0 unspecified atom stereocenters. The molecule has 1 heteroatoms. The molecule has 1 heterocycles. The Morgan fingerprint density at radius 3 is 2.67 bits per heavy atom. The summed E-state index contributed by atoms with van der Waals surface area (Å²) in [5, 5.41) is 0. The number of rotatable bonds is 1. The normalized spacial score (nSPS) is 27.8. The Hall–Kier alpha value is -0.330. The van der Waals surface area contributed by atoms with Crippen LogP contribution in [-0.2, 0) is 0 Å². The maximum Gasteiger partial charge on any atom is 0.0388 e. The number of hydrogen-bond donors (Lipinski definition) is 0. The molecule has 0 amide bonds. The summed E-state index contributed by atoms with van der Waals surface area (Å²) >= 11 is 0. The molecule has 2 rings (SSSR count). The monoisotopic (exact) mass is 123 g/mol. The molecule has 1 fully saturated rings. The van der Waals surface area contributed by atoms with Crippen molar-refractivity contribution in [3.8, 4) is 0 Å². The van der Waals surface area contributed by atoms with Crippen LogP contribution in [0.3, 0.4) is 0 Å². The molecule has 0 saturated heterocycles. The van der Waals surface area contributed by atoms with E-state index in [-0.39, 0.29) is 0 Å². The molecule has 1 nitrogen and oxygen atoms in total. The van der Waals surface area contributed by atoms with Gasteiger partial charge in [0.05, 0.1) is 0 Å². The average molecular weight is 123 g/mol. The van der Waals surface area contributed by atoms with Gasteiger partial charge in [-0.25, -0.2) is 0 Å². The lowest BCUT2D eigenvalue weighted by Gasteiger charge is -2.09. The molecule has 0 aromatic heterocycles. The Labute approximate surface area is 56.2 Å². The Morgan fingerprint density at radius 1 is 1.22 bits per heavy atom. The van der Waals surface area contributed by atoms with E-state index in [1.54, 1.807) is 5.71 Å². The van der Waals surface area contributed by atoms with Gasteiger partial charge >= 0.3 is 0 Å². The first-order valence-corrected chi connectivity index (χ1v) is 4.00. The fourth-order valence-corrected chi connectivity index (χ4v) is 1.47. The lowest BCUT2D eigenvalue weighted by Crippen LogP contribution is -2.07. The number of hydrogen-bond acceptors (Lipinski definition) is 1. The van der Waals surface area contributed by atoms with Crippen LogP contribution >= 0.6 is 0 Å². The van der Waals surface area contributed by atoms with E-state index in [9.17, 15) is 0 Å². The minimum Gasteiger partial charge on any atom is -0.294 e. The lowest BCUT2D eigenvalue weighted by molar-refractivity contribution is 0.722. The van der Waals surface area contributed by atoms with Gasteiger partial charge in [0.15, 0.2) is 0 Å². The molecule has 9 heavy (non-hydrogen) atoms. The van der Waals surface area contributed by atoms with Crippen LogP contribution in [0.5, 0.6) is 0 Å². The zero-order chi connectivity index (χ0) is 6.10. The van der Waals surface area contributed by atoms with Crippen molar-refractivity contribution in [3.63, 3.8) is 0 Å². The molecule has 1 aliphatic heterocycles. The van der Waals surface area contributed by atoms with E-state index in [2.05, 4.69) is 4.99 Å². The van der Waals surface area contributed by atoms with Crippen molar-refractivity contribution < 1.29 is 0 Å². The summed E-state index contributed by atoms with van der Waals surface area (Å²) in [7, 11) is 0. The van der Waals surface area contributed by atoms with Crippen LogP contribution in [0.2, 0.25) is 0 Å². The Balaban J connectivity index is 1.99. The van der Waals surface area contributed by atoms with E-state index in [4.69, 9.17) is 0 Å². The molecule has 50 valence electrons. The van der Waals surface area contributed by atoms with Gasteiger partial charge < -0.3 is 0 Å². The van der Waals surface area contributed by atoms with E-state index in [1.807, 2.05) is 0 Å². The van der Waals surface area contributed by atoms with Gasteiger partial charge in [-0.15, -0.1) is 0 Å². The van der Waals surface area contributed by atoms with E-state index < -0.39 is 0 Å². The molecular formula is C8H13N. The standard InChI is InChI=1S/C8H13N/c1-2-6-9-8(3-1)7-4-5-7/h7H,1-6H2. The first-order valence-electron chi connectivity index (χ1n) is 4.00. The van der Waals surface area contributed by atoms with Crippen molar-refractivity contribution in [2.75, 3.05) is 6.54 Å². The molecule has 0 spiro atoms. The molecule has 1 aliphatic carbocycles. The third-order valence-electron chi connectivity index (χ3n) is 2.20. The van der Waals surface area contributed by atoms with Gasteiger partial charge in [-0.3, -0.25) is 4.99 Å². The second kappa shape index (κ2) is 2.13. The summed E-state index contributed by atoms with van der Waals surface area (Å²) < 4.78 is 0. The number of nitrogens with zero attached hydrogens (tertiary/aromatic N) is 1. The zero-order valence-corrected chi connectivity index (χ0v) is 5.77. The first kappa shape index (κ1) is 5.45. The van der Waals surface area contributed by atoms with Gasteiger partial charge in [-0.2, -0.15) is 0 Å². The molecule has 0 atom stereocenters. The van der Waals surface area contributed by atoms with Crippen LogP contribution in [0, 0.1) is 5.92 Å². The highest BCUT2D eigenvalue weighted by Crippen LogP contribution is 2.33. The summed E-state index contributed by atoms with van der Waals surface area (Å²) in [5.41, 5.74) is 1.54. The highest BCUT2D eigenvalue weighted by atomic mass is 14.8. The first-order chi connectivity index (χ1) is 4.47. The molecule has 0 bridgehead atoms. The van der Waals surface area contributed by atoms with E-state index in [1.165, 1.54) is 32.1 Å². The van der Waals surface area contributed by atoms with Crippen molar-refractivity contribution in [2.24, 2.45) is 10.9 Å². The Kier molecular flexibility index (Phi) is 1.29. The van der Waals surface area contributed by atoms with Gasteiger partial charge in [0.2, 0.25) is 0 Å². The van der Waals surface area contributed by atoms with Crippen LogP contribution in [0.25, 0.3) is 0 Å². The summed E-state index contributed by atoms with van der Waals surface area (Å²) in [6.45, 7) is 1.12. The Bertz CT molecular complexity index is 134. The second-order valence-corrected chi connectivity index (χ2v) is 3.10. The van der Waals surface area contributed by atoms with Gasteiger partial charge in [-0.05, 0) is 38.0 Å². The SMILES string of the molecule is C1CCC(C2CC2)=NC1. The van der Waals surface area contributed by atoms with Gasteiger partial charge in [-0.1, -0.05) is 0 Å². The van der Waals surface area contributed by atoms with Gasteiger partial charge in [0.1, 0.15) is 0 Å². The quantitative estimate of drug-likeness (QED) is 0.506. The van der Waals surface area contributed by atoms with Crippen LogP contribution in [0.4, 0.5) is 0 Å². The Morgan fingerprint density at radius 2 is 2.11 bits per heavy atom. The molecular weight excluding hydrogens is 110 g/mol. The smallest absolute Gasteiger partial charge is 0.0388 e. The van der Waals surface area contributed by atoms with Crippen molar-refractivity contribution in [3.05, 3.63) is 0 Å². The predicted octanol–water partition coefficient (Wildman–Crippen LogP) is 2.02. The van der Waals surface area contributed by atoms with E-state index in [0.717, 1.165) is 12.5 Å². The highest BCUT2D eigenvalue weighted by molar-refractivity contribution is 5.89. The van der Waals surface area contributed by atoms with Gasteiger partial charge in [0.25, 0.3) is 0 Å². The third kappa shape index (κ3) is 1.15. The summed E-state index contributed by atoms with van der Waals surface area (Å²) in [4.78, 5) is 4.51. The van der Waals surface area contributed by atoms with Crippen LogP contribution in [0.15, 0.2) is 4.99 Å². The molecule has 1 saturated carbocycles. The summed E-state index contributed by atoms with van der Waals surface area (Å²) in [6, 6.07) is 0. The predicted molar refractivity (Wildman–Crippen MR) is 38.9 cm³/mol. The third-order valence-corrected chi connectivity index (χ3v) is 2.20. The highest BCUT2D eigenvalue weighted by Gasteiger charge is 2.27. The molecule has 0 radical (unpaired) electrons. The van der Waals surface area contributed by atoms with Crippen LogP contribution in [-0.4, -0.2) is 12.3 Å². The fraction of sp³-hybridized carbons (Fsp3) is 0.875. The topological polar surface area (TPSA) is 12.4 Å². The second-order valence-electron chi connectivity index (χ2n) is 3.10. The summed E-state index contributed by atoms with van der Waals surface area (Å²) in [6.07, 6.45) is 6.90. The fourth-order valence-electron chi connectivity index (χ4n) is 1.47. The average Bonchev–Trinajstić information content (AvgIpc) is 2.71. The lowest BCUT2D eigenvalue weighted by atomic mass is 10.1. The number of aliphatic imine (C=N–C) groups is 1. The molecule has 2 aliphatic rings. The minimum atomic E-state index is 0.935. The zero-order valence-electron chi connectivity index (χ0n) is 5.77. The maximum absolute atomic E-state index is 4.51. The van der Waals surface area contributed by atoms with Crippen LogP contribution < -0.4 is 0 Å². The largest absolute Gasteiger partial charge is 0.294 e. The van der Waals surface area contributed by atoms with Crippen molar-refractivity contribution >= 4 is 5.71 Å². The molecule has 0 N–H and O–H groups in total. The molecule has 0 aromatic rings. The van der Waals surface area contributed by atoms with E-state index in [0.29, 0.717) is 0 Å². The van der Waals surface area contributed by atoms with Crippen molar-refractivity contribution in [1.29, 1.82) is 0 Å². The van der Waals surface area contributed by atoms with Crippen LogP contribution in [0.1, 0.15) is 32.1 Å². The maximum atomic E-state index is 4.51. The minimum absolute atomic E-state index is 0.935. The van der Waals surface area contributed by atoms with Crippen molar-refractivity contribution in [1.82, 2.24) is 0 Å². The van der Waals surface area contributed by atoms with E-state index >= 15 is 0 Å².